The van der Waals surface area contributed by atoms with Crippen LogP contribution < -0.4 is 31.9 Å². The molecule has 1 aliphatic rings. The van der Waals surface area contributed by atoms with Crippen molar-refractivity contribution in [2.45, 2.75) is 204 Å². The van der Waals surface area contributed by atoms with Gasteiger partial charge in [0.1, 0.15) is 35.5 Å². The molecule has 0 aliphatic heterocycles. The molecule has 0 unspecified atom stereocenters. The molecule has 0 spiro atoms. The summed E-state index contributed by atoms with van der Waals surface area (Å²) in [7, 11) is 0.937. The molecule has 18 heterocycles. The summed E-state index contributed by atoms with van der Waals surface area (Å²) in [6.45, 7) is 38.3. The number of ether oxygens (including phenoxy) is 1. The maximum Gasteiger partial charge on any atom is 0.327 e. The number of pyridine rings is 6. The smallest absolute Gasteiger partial charge is 0.327 e. The van der Waals surface area contributed by atoms with E-state index < -0.39 is 19.7 Å². The number of nitrogens with zero attached hydrogens (tertiary/aromatic N) is 18. The molecule has 0 amide bonds. The van der Waals surface area contributed by atoms with Crippen molar-refractivity contribution in [2.75, 3.05) is 77.8 Å². The topological polar surface area (TPSA) is 391 Å². The van der Waals surface area contributed by atoms with E-state index in [2.05, 4.69) is 201 Å². The SMILES string of the molecule is COC(=O)Cn1nc(NCc2ccc(S(C)(=O)=O)cc2)c2sc3nc(C)cc(C)c3c21.Cc1cc(C)c2c(n1)sc1c(NC3CCCCC3)nn(CCO)c12.Cc1cc(C)c2c(n1)sc1c(NCC(C)C)nn(C)c12.Cc1cc(C)c2c(n1)sc1c(NCCC(C)C)nn(C)c12.Cc1cc(C)c2c(n1)sc1c(NCc3ccc(S(C)(=O)=O)cc3)nn(CCO)c12.Cc1cc(C)c2c(n1)sc1c(NCc3ccccc3)nn(C)c12. The number of nitrogens with one attached hydrogen (secondary N) is 6. The van der Waals surface area contributed by atoms with Gasteiger partial charge in [0.15, 0.2) is 54.6 Å². The number of hydrogen-bond acceptors (Lipinski definition) is 32. The van der Waals surface area contributed by atoms with Crippen molar-refractivity contribution in [2.24, 2.45) is 33.0 Å². The normalized spacial score (nSPS) is 12.6. The Balaban J connectivity index is 0.000000122. The summed E-state index contributed by atoms with van der Waals surface area (Å²) in [6.07, 6.45) is 9.91. The number of aliphatic hydroxyl groups is 2. The van der Waals surface area contributed by atoms with Crippen LogP contribution >= 0.6 is 68.0 Å². The fourth-order valence-electron chi connectivity index (χ4n) is 19.1. The molecule has 1 aliphatic carbocycles. The molecular weight excluding hydrogens is 2020 g/mol. The average molecular weight is 2150 g/mol. The first-order chi connectivity index (χ1) is 70.7. The first-order valence-electron chi connectivity index (χ1n) is 49.6. The lowest BCUT2D eigenvalue weighted by molar-refractivity contribution is -0.141. The van der Waals surface area contributed by atoms with Gasteiger partial charge in [-0.2, -0.15) is 30.6 Å². The fourth-order valence-corrected chi connectivity index (χ4v) is 28.0. The highest BCUT2D eigenvalue weighted by Crippen LogP contribution is 2.47. The standard InChI is InChI=1S/C21H22N4O4S2.C20H22N4O3S2.C18H24N4OS.C18H18N4S.C16H22N4S.C15H20N4S/c1-12-9-13(2)23-21-17(12)18-19(30-21)20(24-25(18)11-16(26)29-3)22-10-14-5-7-15(8-6-14)31(4,27)28;1-12-10-13(2)22-20-16(12)17-18(28-20)19(23-24(17)8-9-25)21-11-14-4-6-15(7-5-14)29(3,26)27;1-11-10-12(2)19-18-14(11)15-16(24-18)17(21-22(15)8-9-23)20-13-6-4-3-5-7-13;1-11-9-12(2)20-18-14(11)15-16(23-18)17(21-22(15)3)19-10-13-7-5-4-6-8-13;1-9(2)6-7-17-15-14-13(20(5)19-15)12-10(3)8-11(4)18-16(12)21-14;1-8(2)7-16-14-13-12(19(5)18-14)11-9(3)6-10(4)17-15(11)20-13/h5-9H,10-11H2,1-4H3,(H,22,24);4-7,10,25H,8-9,11H2,1-3H3,(H,21,23);10,13,23H,3-9H2,1-2H3,(H,20,21);4-9H,10H2,1-3H3,(H,19,21);8-9H,6-7H2,1-5H3,(H,17,19);6,8H,7H2,1-5H3,(H,16,18). The van der Waals surface area contributed by atoms with Gasteiger partial charge in [-0.25, -0.2) is 51.4 Å². The molecule has 0 bridgehead atoms. The minimum atomic E-state index is -3.23. The van der Waals surface area contributed by atoms with Crippen LogP contribution in [0.2, 0.25) is 0 Å². The van der Waals surface area contributed by atoms with Crippen molar-refractivity contribution in [1.29, 1.82) is 0 Å². The third kappa shape index (κ3) is 23.1. The molecular formula is C108H128N24O8S8. The number of aromatic nitrogens is 18. The van der Waals surface area contributed by atoms with E-state index in [-0.39, 0.29) is 30.6 Å². The highest BCUT2D eigenvalue weighted by molar-refractivity contribution is 7.91. The van der Waals surface area contributed by atoms with E-state index in [1.807, 2.05) is 98.2 Å². The van der Waals surface area contributed by atoms with Crippen LogP contribution in [0.15, 0.2) is 125 Å². The summed E-state index contributed by atoms with van der Waals surface area (Å²) < 4.78 is 69.4. The summed E-state index contributed by atoms with van der Waals surface area (Å²) in [6, 6.07) is 37.1. The van der Waals surface area contributed by atoms with Crippen molar-refractivity contribution < 1.29 is 36.6 Å². The largest absolute Gasteiger partial charge is 0.468 e. The van der Waals surface area contributed by atoms with Gasteiger partial charge in [0.2, 0.25) is 0 Å². The van der Waals surface area contributed by atoms with Gasteiger partial charge in [0, 0.05) is 139 Å². The summed E-state index contributed by atoms with van der Waals surface area (Å²) >= 11 is 10.0. The zero-order chi connectivity index (χ0) is 105. The molecule has 0 atom stereocenters. The number of benzene rings is 3. The molecule has 3 aromatic carbocycles. The second-order valence-electron chi connectivity index (χ2n) is 39.1. The number of carbonyl (C=O) groups is 1. The number of aliphatic hydroxyl groups excluding tert-OH is 2. The monoisotopic (exact) mass is 2140 g/mol. The van der Waals surface area contributed by atoms with Gasteiger partial charge >= 0.3 is 5.97 Å². The summed E-state index contributed by atoms with van der Waals surface area (Å²) in [4.78, 5) is 46.9. The van der Waals surface area contributed by atoms with Crippen molar-refractivity contribution >= 4 is 251 Å². The molecule has 1 saturated carbocycles. The highest BCUT2D eigenvalue weighted by atomic mass is 32.2. The quantitative estimate of drug-likeness (QED) is 0.0233. The molecule has 22 rings (SSSR count). The molecule has 0 saturated heterocycles. The van der Waals surface area contributed by atoms with Crippen LogP contribution in [0.5, 0.6) is 0 Å². The number of aryl methyl sites for hydroxylation is 15. The van der Waals surface area contributed by atoms with Crippen molar-refractivity contribution in [1.82, 2.24) is 88.6 Å². The number of fused-ring (bicyclic) bond motifs is 18. The zero-order valence-electron chi connectivity index (χ0n) is 87.7. The Bertz CT molecular complexity index is 8750. The summed E-state index contributed by atoms with van der Waals surface area (Å²) in [5, 5.41) is 74.6. The van der Waals surface area contributed by atoms with E-state index in [0.29, 0.717) is 54.8 Å². The van der Waals surface area contributed by atoms with Gasteiger partial charge in [-0.1, -0.05) is 102 Å². The molecule has 18 aromatic heterocycles. The van der Waals surface area contributed by atoms with E-state index in [9.17, 15) is 31.8 Å². The molecule has 776 valence electrons. The lowest BCUT2D eigenvalue weighted by atomic mass is 9.95. The van der Waals surface area contributed by atoms with Crippen LogP contribution in [0.1, 0.15) is 150 Å². The number of carbonyl (C=O) groups excluding carboxylic acids is 1. The van der Waals surface area contributed by atoms with Gasteiger partial charge in [0.25, 0.3) is 0 Å². The van der Waals surface area contributed by atoms with Crippen molar-refractivity contribution in [3.05, 3.63) is 199 Å². The number of sulfone groups is 2. The Labute approximate surface area is 884 Å². The van der Waals surface area contributed by atoms with Crippen LogP contribution in [0, 0.1) is 94.9 Å². The molecule has 32 nitrogen and oxygen atoms in total. The average Bonchev–Trinajstić information content (AvgIpc) is 1.61. The number of thiophene rings is 6. The number of methoxy groups -OCH3 is 1. The number of hydrogen-bond donors (Lipinski definition) is 8. The first-order valence-corrected chi connectivity index (χ1v) is 58.3. The van der Waals surface area contributed by atoms with E-state index in [1.54, 1.807) is 110 Å². The predicted molar refractivity (Wildman–Crippen MR) is 613 cm³/mol. The van der Waals surface area contributed by atoms with E-state index in [1.165, 1.54) is 148 Å². The van der Waals surface area contributed by atoms with E-state index in [4.69, 9.17) is 19.8 Å². The molecule has 1 fully saturated rings. The second-order valence-corrected chi connectivity index (χ2v) is 49.1. The number of anilines is 6. The lowest BCUT2D eigenvalue weighted by Gasteiger charge is -2.22. The fraction of sp³-hybridized carbons (Fsp3) is 0.380. The van der Waals surface area contributed by atoms with Crippen LogP contribution in [0.4, 0.5) is 34.9 Å². The van der Waals surface area contributed by atoms with E-state index >= 15 is 0 Å². The highest BCUT2D eigenvalue weighted by Gasteiger charge is 2.29. The second kappa shape index (κ2) is 45.0. The minimum absolute atomic E-state index is 0.00114. The lowest BCUT2D eigenvalue weighted by Crippen LogP contribution is -2.22. The van der Waals surface area contributed by atoms with Crippen molar-refractivity contribution in [3.63, 3.8) is 0 Å². The Morgan fingerprint density at radius 2 is 0.682 bits per heavy atom. The van der Waals surface area contributed by atoms with Gasteiger partial charge < -0.3 is 46.9 Å². The van der Waals surface area contributed by atoms with Gasteiger partial charge in [-0.15, -0.1) is 68.0 Å². The van der Waals surface area contributed by atoms with Crippen LogP contribution in [-0.4, -0.2) is 174 Å². The summed E-state index contributed by atoms with van der Waals surface area (Å²) in [5.41, 5.74) is 23.1. The van der Waals surface area contributed by atoms with Gasteiger partial charge in [-0.3, -0.25) is 28.2 Å². The van der Waals surface area contributed by atoms with Gasteiger partial charge in [0.05, 0.1) is 105 Å². The Morgan fingerprint density at radius 1 is 0.385 bits per heavy atom. The third-order valence-electron chi connectivity index (χ3n) is 25.9. The van der Waals surface area contributed by atoms with E-state index in [0.717, 1.165) is 177 Å². The number of rotatable bonds is 26. The zero-order valence-corrected chi connectivity index (χ0v) is 94.2. The molecule has 148 heavy (non-hydrogen) atoms. The molecule has 40 heteroatoms. The molecule has 21 aromatic rings. The summed E-state index contributed by atoms with van der Waals surface area (Å²) in [5.74, 6) is 6.17. The van der Waals surface area contributed by atoms with Crippen molar-refractivity contribution in [3.8, 4) is 0 Å². The third-order valence-corrected chi connectivity index (χ3v) is 34.6. The Hall–Kier alpha value is -12.8. The maximum absolute atomic E-state index is 12.0. The Kier molecular flexibility index (Phi) is 32.4. The molecule has 8 N–H and O–H groups in total. The Morgan fingerprint density at radius 3 is 1.01 bits per heavy atom. The van der Waals surface area contributed by atoms with Crippen LogP contribution in [0.3, 0.4) is 0 Å². The predicted octanol–water partition coefficient (Wildman–Crippen LogP) is 23.3. The van der Waals surface area contributed by atoms with Crippen LogP contribution in [-0.2, 0) is 89.6 Å². The maximum atomic E-state index is 12.0. The van der Waals surface area contributed by atoms with Crippen LogP contribution in [0.25, 0.3) is 123 Å². The number of esters is 1. The molecule has 0 radical (unpaired) electrons. The van der Waals surface area contributed by atoms with Gasteiger partial charge in [-0.05, 0) is 225 Å². The first kappa shape index (κ1) is 107. The minimum Gasteiger partial charge on any atom is -0.468 e.